The van der Waals surface area contributed by atoms with E-state index >= 15 is 0 Å². The number of aromatic nitrogens is 1. The first kappa shape index (κ1) is 14.5. The minimum atomic E-state index is -0.237. The quantitative estimate of drug-likeness (QED) is 0.738. The standard InChI is InChI=1S/C18H15N3O3S/c19-15-11-6-9-2-1-3-12(9)21-18(11)25-16(15)17(22)20-10-4-5-13-14(7-10)24-8-23-13/h4-7H,1-3,8,19H2,(H,20,22). The Morgan fingerprint density at radius 1 is 1.20 bits per heavy atom. The van der Waals surface area contributed by atoms with E-state index in [-0.39, 0.29) is 12.7 Å². The molecular formula is C18H15N3O3S. The molecule has 0 fully saturated rings. The van der Waals surface area contributed by atoms with Crippen molar-refractivity contribution in [1.29, 1.82) is 0 Å². The van der Waals surface area contributed by atoms with Crippen molar-refractivity contribution in [2.24, 2.45) is 0 Å². The highest BCUT2D eigenvalue weighted by Gasteiger charge is 2.22. The number of fused-ring (bicyclic) bond motifs is 3. The van der Waals surface area contributed by atoms with Crippen molar-refractivity contribution in [1.82, 2.24) is 4.98 Å². The lowest BCUT2D eigenvalue weighted by atomic mass is 10.1. The average Bonchev–Trinajstić information content (AvgIpc) is 3.31. The second-order valence-electron chi connectivity index (χ2n) is 6.17. The molecule has 0 spiro atoms. The number of nitrogens with two attached hydrogens (primary N) is 1. The maximum Gasteiger partial charge on any atom is 0.267 e. The fourth-order valence-electron chi connectivity index (χ4n) is 3.33. The molecular weight excluding hydrogens is 338 g/mol. The van der Waals surface area contributed by atoms with Crippen LogP contribution < -0.4 is 20.5 Å². The highest BCUT2D eigenvalue weighted by atomic mass is 32.1. The molecule has 0 radical (unpaired) electrons. The summed E-state index contributed by atoms with van der Waals surface area (Å²) in [4.78, 5) is 18.7. The van der Waals surface area contributed by atoms with Gasteiger partial charge in [0.2, 0.25) is 6.79 Å². The lowest BCUT2D eigenvalue weighted by Crippen LogP contribution is -2.11. The molecule has 0 saturated carbocycles. The molecule has 6 nitrogen and oxygen atoms in total. The van der Waals surface area contributed by atoms with E-state index in [9.17, 15) is 4.79 Å². The van der Waals surface area contributed by atoms with Gasteiger partial charge in [-0.3, -0.25) is 4.79 Å². The predicted molar refractivity (Wildman–Crippen MR) is 96.6 cm³/mol. The number of nitrogens with zero attached hydrogens (tertiary/aromatic N) is 1. The number of pyridine rings is 1. The lowest BCUT2D eigenvalue weighted by molar-refractivity contribution is 0.103. The van der Waals surface area contributed by atoms with E-state index in [4.69, 9.17) is 20.2 Å². The number of benzene rings is 1. The topological polar surface area (TPSA) is 86.5 Å². The van der Waals surface area contributed by atoms with Crippen LogP contribution in [0.5, 0.6) is 11.5 Å². The van der Waals surface area contributed by atoms with E-state index in [1.807, 2.05) is 0 Å². The number of hydrogen-bond acceptors (Lipinski definition) is 6. The molecule has 2 aliphatic rings. The molecule has 3 heterocycles. The van der Waals surface area contributed by atoms with E-state index in [2.05, 4.69) is 11.4 Å². The first-order valence-electron chi connectivity index (χ1n) is 8.11. The number of thiophene rings is 1. The van der Waals surface area contributed by atoms with Gasteiger partial charge < -0.3 is 20.5 Å². The maximum absolute atomic E-state index is 12.7. The molecule has 5 rings (SSSR count). The van der Waals surface area contributed by atoms with Crippen molar-refractivity contribution in [3.63, 3.8) is 0 Å². The number of ether oxygens (including phenoxy) is 2. The van der Waals surface area contributed by atoms with Crippen molar-refractivity contribution < 1.29 is 14.3 Å². The number of nitrogen functional groups attached to an aromatic ring is 1. The molecule has 3 N–H and O–H groups in total. The van der Waals surface area contributed by atoms with Crippen LogP contribution in [0.2, 0.25) is 0 Å². The lowest BCUT2D eigenvalue weighted by Gasteiger charge is -2.05. The molecule has 0 atom stereocenters. The summed E-state index contributed by atoms with van der Waals surface area (Å²) in [5.41, 5.74) is 9.77. The number of anilines is 2. The number of amides is 1. The molecule has 0 saturated heterocycles. The van der Waals surface area contributed by atoms with Gasteiger partial charge in [-0.1, -0.05) is 0 Å². The SMILES string of the molecule is Nc1c(C(=O)Nc2ccc3c(c2)OCO3)sc2nc3c(cc12)CCC3. The summed E-state index contributed by atoms with van der Waals surface area (Å²) < 4.78 is 10.6. The summed E-state index contributed by atoms with van der Waals surface area (Å²) in [7, 11) is 0. The van der Waals surface area contributed by atoms with Crippen LogP contribution in [0.4, 0.5) is 11.4 Å². The van der Waals surface area contributed by atoms with Crippen LogP contribution in [-0.2, 0) is 12.8 Å². The molecule has 3 aromatic rings. The Morgan fingerprint density at radius 2 is 2.08 bits per heavy atom. The fourth-order valence-corrected chi connectivity index (χ4v) is 4.32. The number of nitrogens with one attached hydrogen (secondary N) is 1. The van der Waals surface area contributed by atoms with Crippen LogP contribution in [0, 0.1) is 0 Å². The molecule has 25 heavy (non-hydrogen) atoms. The first-order valence-corrected chi connectivity index (χ1v) is 8.92. The van der Waals surface area contributed by atoms with Gasteiger partial charge in [-0.05, 0) is 43.0 Å². The van der Waals surface area contributed by atoms with Gasteiger partial charge in [-0.2, -0.15) is 0 Å². The Labute approximate surface area is 147 Å². The van der Waals surface area contributed by atoms with Crippen molar-refractivity contribution in [2.45, 2.75) is 19.3 Å². The monoisotopic (exact) mass is 353 g/mol. The summed E-state index contributed by atoms with van der Waals surface area (Å²) in [6.07, 6.45) is 3.17. The highest BCUT2D eigenvalue weighted by molar-refractivity contribution is 7.21. The Hall–Kier alpha value is -2.80. The molecule has 0 unspecified atom stereocenters. The van der Waals surface area contributed by atoms with Crippen molar-refractivity contribution in [2.75, 3.05) is 17.8 Å². The molecule has 1 amide bonds. The predicted octanol–water partition coefficient (Wildman–Crippen LogP) is 3.35. The summed E-state index contributed by atoms with van der Waals surface area (Å²) in [6, 6.07) is 7.39. The van der Waals surface area contributed by atoms with Crippen LogP contribution in [0.15, 0.2) is 24.3 Å². The van der Waals surface area contributed by atoms with Gasteiger partial charge in [-0.15, -0.1) is 11.3 Å². The Balaban J connectivity index is 1.48. The molecule has 7 heteroatoms. The van der Waals surface area contributed by atoms with Gasteiger partial charge >= 0.3 is 0 Å². The average molecular weight is 353 g/mol. The molecule has 1 aliphatic heterocycles. The highest BCUT2D eigenvalue weighted by Crippen LogP contribution is 2.37. The van der Waals surface area contributed by atoms with Gasteiger partial charge in [0.15, 0.2) is 11.5 Å². The van der Waals surface area contributed by atoms with Gasteiger partial charge in [0.05, 0.1) is 5.69 Å². The van der Waals surface area contributed by atoms with Crippen molar-refractivity contribution in [3.05, 3.63) is 40.4 Å². The number of carbonyl (C=O) groups is 1. The van der Waals surface area contributed by atoms with Gasteiger partial charge in [0.1, 0.15) is 9.71 Å². The molecule has 0 bridgehead atoms. The van der Waals surface area contributed by atoms with E-state index in [1.165, 1.54) is 16.9 Å². The normalized spacial score (nSPS) is 14.7. The zero-order valence-corrected chi connectivity index (χ0v) is 14.1. The number of carbonyl (C=O) groups excluding carboxylic acids is 1. The first-order chi connectivity index (χ1) is 12.2. The summed E-state index contributed by atoms with van der Waals surface area (Å²) in [5, 5.41) is 3.75. The van der Waals surface area contributed by atoms with Crippen LogP contribution in [-0.4, -0.2) is 17.7 Å². The number of rotatable bonds is 2. The van der Waals surface area contributed by atoms with Crippen LogP contribution in [0.3, 0.4) is 0 Å². The molecule has 1 aliphatic carbocycles. The van der Waals surface area contributed by atoms with Crippen molar-refractivity contribution >= 4 is 38.8 Å². The Bertz CT molecular complexity index is 1030. The van der Waals surface area contributed by atoms with E-state index in [0.29, 0.717) is 27.8 Å². The van der Waals surface area contributed by atoms with Crippen LogP contribution in [0.25, 0.3) is 10.2 Å². The minimum Gasteiger partial charge on any atom is -0.454 e. The van der Waals surface area contributed by atoms with Gasteiger partial charge in [0, 0.05) is 22.8 Å². The number of aryl methyl sites for hydroxylation is 2. The smallest absolute Gasteiger partial charge is 0.267 e. The summed E-state index contributed by atoms with van der Waals surface area (Å²) in [5.74, 6) is 1.07. The van der Waals surface area contributed by atoms with E-state index < -0.39 is 0 Å². The fraction of sp³-hybridized carbons (Fsp3) is 0.222. The van der Waals surface area contributed by atoms with E-state index in [0.717, 1.165) is 35.2 Å². The third kappa shape index (κ3) is 2.31. The van der Waals surface area contributed by atoms with Crippen LogP contribution in [0.1, 0.15) is 27.3 Å². The third-order valence-corrected chi connectivity index (χ3v) is 5.70. The second-order valence-corrected chi connectivity index (χ2v) is 7.17. The molecule has 2 aromatic heterocycles. The summed E-state index contributed by atoms with van der Waals surface area (Å²) >= 11 is 1.34. The third-order valence-electron chi connectivity index (χ3n) is 4.59. The molecule has 126 valence electrons. The summed E-state index contributed by atoms with van der Waals surface area (Å²) in [6.45, 7) is 0.201. The van der Waals surface area contributed by atoms with Gasteiger partial charge in [-0.25, -0.2) is 4.98 Å². The zero-order valence-electron chi connectivity index (χ0n) is 13.3. The largest absolute Gasteiger partial charge is 0.454 e. The maximum atomic E-state index is 12.7. The van der Waals surface area contributed by atoms with Crippen LogP contribution >= 0.6 is 11.3 Å². The Kier molecular flexibility index (Phi) is 3.11. The molecule has 1 aromatic carbocycles. The second kappa shape index (κ2) is 5.35. The van der Waals surface area contributed by atoms with E-state index in [1.54, 1.807) is 18.2 Å². The number of hydrogen-bond donors (Lipinski definition) is 2. The van der Waals surface area contributed by atoms with Gasteiger partial charge in [0.25, 0.3) is 5.91 Å². The van der Waals surface area contributed by atoms with Crippen molar-refractivity contribution in [3.8, 4) is 11.5 Å². The zero-order chi connectivity index (χ0) is 17.0. The Morgan fingerprint density at radius 3 is 3.00 bits per heavy atom. The minimum absolute atomic E-state index is 0.201.